The number of nitrogens with zero attached hydrogens (tertiary/aromatic N) is 2. The molecule has 1 aromatic carbocycles. The Kier molecular flexibility index (Phi) is 5.53. The molecule has 0 amide bonds. The van der Waals surface area contributed by atoms with Crippen molar-refractivity contribution >= 4 is 0 Å². The van der Waals surface area contributed by atoms with E-state index >= 15 is 0 Å². The van der Waals surface area contributed by atoms with E-state index in [9.17, 15) is 5.11 Å². The summed E-state index contributed by atoms with van der Waals surface area (Å²) >= 11 is 0. The van der Waals surface area contributed by atoms with Crippen molar-refractivity contribution in [1.29, 1.82) is 0 Å². The molecule has 0 saturated carbocycles. The summed E-state index contributed by atoms with van der Waals surface area (Å²) in [4.78, 5) is 4.05. The minimum atomic E-state index is -0.289. The summed E-state index contributed by atoms with van der Waals surface area (Å²) in [5.74, 6) is 0.327. The van der Waals surface area contributed by atoms with Gasteiger partial charge in [-0.3, -0.25) is 0 Å². The lowest BCUT2D eigenvalue weighted by Gasteiger charge is -2.21. The van der Waals surface area contributed by atoms with Gasteiger partial charge in [-0.25, -0.2) is 4.98 Å². The fourth-order valence-electron chi connectivity index (χ4n) is 2.24. The molecule has 0 radical (unpaired) electrons. The predicted molar refractivity (Wildman–Crippen MR) is 85.4 cm³/mol. The number of hydrogen-bond donors (Lipinski definition) is 2. The molecule has 2 rings (SSSR count). The Morgan fingerprint density at radius 3 is 2.52 bits per heavy atom. The molecule has 21 heavy (non-hydrogen) atoms. The van der Waals surface area contributed by atoms with Gasteiger partial charge >= 0.3 is 0 Å². The molecule has 3 unspecified atom stereocenters. The zero-order valence-electron chi connectivity index (χ0n) is 13.0. The standard InChI is InChI=1S/C17H25N3O/c1-4-13(2)17(21)11-19-14(3)15-5-7-16(8-6-15)20-10-9-18-12-20/h5-10,12-14,17,19,21H,4,11H2,1-3H3. The lowest BCUT2D eigenvalue weighted by Crippen LogP contribution is -2.33. The molecule has 0 aliphatic rings. The molecule has 0 spiro atoms. The first-order valence-electron chi connectivity index (χ1n) is 7.61. The number of aliphatic hydroxyl groups excluding tert-OH is 1. The highest BCUT2D eigenvalue weighted by Crippen LogP contribution is 2.16. The van der Waals surface area contributed by atoms with Gasteiger partial charge in [0.25, 0.3) is 0 Å². The van der Waals surface area contributed by atoms with Gasteiger partial charge in [-0.15, -0.1) is 0 Å². The van der Waals surface area contributed by atoms with Crippen LogP contribution in [0.15, 0.2) is 43.0 Å². The summed E-state index contributed by atoms with van der Waals surface area (Å²) in [6.45, 7) is 6.93. The number of imidazole rings is 1. The van der Waals surface area contributed by atoms with Crippen molar-refractivity contribution in [2.24, 2.45) is 5.92 Å². The van der Waals surface area contributed by atoms with Crippen molar-refractivity contribution in [2.45, 2.75) is 39.3 Å². The van der Waals surface area contributed by atoms with E-state index in [4.69, 9.17) is 0 Å². The van der Waals surface area contributed by atoms with Gasteiger partial charge in [0.1, 0.15) is 0 Å². The average Bonchev–Trinajstić information content (AvgIpc) is 3.06. The Bertz CT molecular complexity index is 521. The summed E-state index contributed by atoms with van der Waals surface area (Å²) in [6.07, 6.45) is 6.20. The maximum atomic E-state index is 10.0. The van der Waals surface area contributed by atoms with Crippen molar-refractivity contribution in [3.63, 3.8) is 0 Å². The van der Waals surface area contributed by atoms with Crippen molar-refractivity contribution < 1.29 is 5.11 Å². The van der Waals surface area contributed by atoms with E-state index in [-0.39, 0.29) is 12.1 Å². The fraction of sp³-hybridized carbons (Fsp3) is 0.471. The maximum Gasteiger partial charge on any atom is 0.0991 e. The third kappa shape index (κ3) is 4.16. The first kappa shape index (κ1) is 15.7. The number of nitrogens with one attached hydrogen (secondary N) is 1. The summed E-state index contributed by atoms with van der Waals surface area (Å²) in [5, 5.41) is 13.4. The van der Waals surface area contributed by atoms with Crippen LogP contribution in [0.5, 0.6) is 0 Å². The van der Waals surface area contributed by atoms with Gasteiger partial charge in [0.05, 0.1) is 12.4 Å². The molecular formula is C17H25N3O. The molecule has 2 aromatic rings. The van der Waals surface area contributed by atoms with Gasteiger partial charge in [0.2, 0.25) is 0 Å². The minimum Gasteiger partial charge on any atom is -0.392 e. The number of rotatable bonds is 7. The van der Waals surface area contributed by atoms with E-state index < -0.39 is 0 Å². The molecule has 1 heterocycles. The highest BCUT2D eigenvalue weighted by atomic mass is 16.3. The monoisotopic (exact) mass is 287 g/mol. The SMILES string of the molecule is CCC(C)C(O)CNC(C)c1ccc(-n2ccnc2)cc1. The van der Waals surface area contributed by atoms with Crippen LogP contribution >= 0.6 is 0 Å². The van der Waals surface area contributed by atoms with Gasteiger partial charge in [-0.05, 0) is 30.5 Å². The first-order valence-corrected chi connectivity index (χ1v) is 7.61. The number of hydrogen-bond acceptors (Lipinski definition) is 3. The lowest BCUT2D eigenvalue weighted by atomic mass is 10.0. The van der Waals surface area contributed by atoms with E-state index in [1.54, 1.807) is 12.5 Å². The molecule has 0 aliphatic carbocycles. The second-order valence-corrected chi connectivity index (χ2v) is 5.64. The quantitative estimate of drug-likeness (QED) is 0.823. The van der Waals surface area contributed by atoms with E-state index in [1.807, 2.05) is 10.8 Å². The van der Waals surface area contributed by atoms with E-state index in [0.29, 0.717) is 12.5 Å². The van der Waals surface area contributed by atoms with Gasteiger partial charge in [0.15, 0.2) is 0 Å². The third-order valence-corrected chi connectivity index (χ3v) is 4.13. The van der Waals surface area contributed by atoms with Crippen molar-refractivity contribution in [2.75, 3.05) is 6.54 Å². The Labute approximate surface area is 126 Å². The smallest absolute Gasteiger partial charge is 0.0991 e. The molecule has 4 heteroatoms. The number of aliphatic hydroxyl groups is 1. The van der Waals surface area contributed by atoms with Gasteiger partial charge in [-0.1, -0.05) is 32.4 Å². The molecule has 4 nitrogen and oxygen atoms in total. The Morgan fingerprint density at radius 1 is 1.24 bits per heavy atom. The predicted octanol–water partition coefficient (Wildman–Crippen LogP) is 2.93. The second-order valence-electron chi connectivity index (χ2n) is 5.64. The Hall–Kier alpha value is -1.65. The van der Waals surface area contributed by atoms with Crippen molar-refractivity contribution in [3.8, 4) is 5.69 Å². The zero-order chi connectivity index (χ0) is 15.2. The highest BCUT2D eigenvalue weighted by molar-refractivity contribution is 5.35. The molecule has 0 bridgehead atoms. The van der Waals surface area contributed by atoms with Crippen LogP contribution in [0.4, 0.5) is 0 Å². The molecule has 1 aromatic heterocycles. The topological polar surface area (TPSA) is 50.1 Å². The minimum absolute atomic E-state index is 0.223. The number of benzene rings is 1. The molecule has 3 atom stereocenters. The van der Waals surface area contributed by atoms with Crippen molar-refractivity contribution in [1.82, 2.24) is 14.9 Å². The molecule has 0 saturated heterocycles. The second kappa shape index (κ2) is 7.38. The Balaban J connectivity index is 1.92. The van der Waals surface area contributed by atoms with Crippen LogP contribution in [0.1, 0.15) is 38.8 Å². The summed E-state index contributed by atoms with van der Waals surface area (Å²) in [7, 11) is 0. The summed E-state index contributed by atoms with van der Waals surface area (Å²) in [6, 6.07) is 8.62. The van der Waals surface area contributed by atoms with Gasteiger partial charge in [-0.2, -0.15) is 0 Å². The molecular weight excluding hydrogens is 262 g/mol. The van der Waals surface area contributed by atoms with Crippen LogP contribution in [0, 0.1) is 5.92 Å². The maximum absolute atomic E-state index is 10.0. The molecule has 114 valence electrons. The molecule has 0 aliphatic heterocycles. The summed E-state index contributed by atoms with van der Waals surface area (Å²) in [5.41, 5.74) is 2.32. The van der Waals surface area contributed by atoms with Crippen LogP contribution in [-0.2, 0) is 0 Å². The van der Waals surface area contributed by atoms with Gasteiger partial charge < -0.3 is 15.0 Å². The zero-order valence-corrected chi connectivity index (χ0v) is 13.0. The van der Waals surface area contributed by atoms with Crippen LogP contribution in [0.2, 0.25) is 0 Å². The lowest BCUT2D eigenvalue weighted by molar-refractivity contribution is 0.110. The van der Waals surface area contributed by atoms with E-state index in [1.165, 1.54) is 5.56 Å². The largest absolute Gasteiger partial charge is 0.392 e. The van der Waals surface area contributed by atoms with Crippen LogP contribution < -0.4 is 5.32 Å². The van der Waals surface area contributed by atoms with Crippen LogP contribution in [0.25, 0.3) is 5.69 Å². The first-order chi connectivity index (χ1) is 10.1. The molecule has 2 N–H and O–H groups in total. The Morgan fingerprint density at radius 2 is 1.95 bits per heavy atom. The van der Waals surface area contributed by atoms with Crippen LogP contribution in [0.3, 0.4) is 0 Å². The third-order valence-electron chi connectivity index (χ3n) is 4.13. The molecule has 0 fully saturated rings. The van der Waals surface area contributed by atoms with E-state index in [2.05, 4.69) is 55.3 Å². The highest BCUT2D eigenvalue weighted by Gasteiger charge is 2.13. The number of aromatic nitrogens is 2. The van der Waals surface area contributed by atoms with Crippen LogP contribution in [-0.4, -0.2) is 27.3 Å². The van der Waals surface area contributed by atoms with Crippen molar-refractivity contribution in [3.05, 3.63) is 48.5 Å². The van der Waals surface area contributed by atoms with E-state index in [0.717, 1.165) is 12.1 Å². The normalized spacial score (nSPS) is 15.6. The average molecular weight is 287 g/mol. The van der Waals surface area contributed by atoms with Gasteiger partial charge in [0, 0.05) is 30.7 Å². The summed E-state index contributed by atoms with van der Waals surface area (Å²) < 4.78 is 1.98. The fourth-order valence-corrected chi connectivity index (χ4v) is 2.24.